The van der Waals surface area contributed by atoms with Crippen LogP contribution in [0.3, 0.4) is 0 Å². The Kier molecular flexibility index (Phi) is 3.02. The summed E-state index contributed by atoms with van der Waals surface area (Å²) in [6.07, 6.45) is 3.89. The highest BCUT2D eigenvalue weighted by Crippen LogP contribution is 2.30. The Balaban J connectivity index is 1.91. The van der Waals surface area contributed by atoms with Crippen LogP contribution in [0.5, 0.6) is 0 Å². The maximum atomic E-state index is 5.44. The highest BCUT2D eigenvalue weighted by Gasteiger charge is 2.34. The normalized spacial score (nSPS) is 23.5. The van der Waals surface area contributed by atoms with Crippen LogP contribution < -0.4 is 5.32 Å². The van der Waals surface area contributed by atoms with Crippen molar-refractivity contribution in [3.63, 3.8) is 0 Å². The number of hydrogen-bond donors (Lipinski definition) is 1. The van der Waals surface area contributed by atoms with Gasteiger partial charge in [-0.15, -0.1) is 0 Å². The molecule has 3 heterocycles. The van der Waals surface area contributed by atoms with E-state index in [1.54, 1.807) is 12.3 Å². The molecule has 1 aliphatic heterocycles. The molecule has 1 aliphatic rings. The summed E-state index contributed by atoms with van der Waals surface area (Å²) < 4.78 is 5.44. The van der Waals surface area contributed by atoms with Crippen molar-refractivity contribution in [2.24, 2.45) is 0 Å². The van der Waals surface area contributed by atoms with Gasteiger partial charge in [0.05, 0.1) is 5.41 Å². The number of aromatic nitrogens is 4. The van der Waals surface area contributed by atoms with Crippen LogP contribution in [0.25, 0.3) is 11.5 Å². The molecule has 6 heteroatoms. The molecule has 1 fully saturated rings. The highest BCUT2D eigenvalue weighted by atomic mass is 16.5. The predicted octanol–water partition coefficient (Wildman–Crippen LogP) is 1.48. The molecule has 0 spiro atoms. The fourth-order valence-corrected chi connectivity index (χ4v) is 2.39. The lowest BCUT2D eigenvalue weighted by molar-refractivity contribution is 0.245. The lowest BCUT2D eigenvalue weighted by Gasteiger charge is -2.30. The highest BCUT2D eigenvalue weighted by molar-refractivity contribution is 5.47. The molecule has 0 aliphatic carbocycles. The van der Waals surface area contributed by atoms with Gasteiger partial charge in [-0.3, -0.25) is 0 Å². The van der Waals surface area contributed by atoms with Crippen molar-refractivity contribution in [2.75, 3.05) is 13.1 Å². The van der Waals surface area contributed by atoms with Gasteiger partial charge in [0, 0.05) is 12.7 Å². The van der Waals surface area contributed by atoms with E-state index in [-0.39, 0.29) is 5.41 Å². The Hall–Kier alpha value is -1.82. The van der Waals surface area contributed by atoms with Crippen LogP contribution in [0.1, 0.15) is 31.5 Å². The maximum Gasteiger partial charge on any atom is 0.234 e. The van der Waals surface area contributed by atoms with Crippen molar-refractivity contribution in [2.45, 2.75) is 32.1 Å². The first-order valence-corrected chi connectivity index (χ1v) is 6.52. The quantitative estimate of drug-likeness (QED) is 0.880. The third-order valence-electron chi connectivity index (χ3n) is 3.54. The van der Waals surface area contributed by atoms with Crippen molar-refractivity contribution in [1.82, 2.24) is 25.4 Å². The van der Waals surface area contributed by atoms with Crippen molar-refractivity contribution in [1.29, 1.82) is 0 Å². The molecule has 100 valence electrons. The lowest BCUT2D eigenvalue weighted by Crippen LogP contribution is -2.41. The van der Waals surface area contributed by atoms with E-state index < -0.39 is 0 Å². The minimum absolute atomic E-state index is 0.0778. The monoisotopic (exact) mass is 259 g/mol. The molecule has 1 unspecified atom stereocenters. The van der Waals surface area contributed by atoms with Crippen molar-refractivity contribution in [3.05, 3.63) is 24.0 Å². The van der Waals surface area contributed by atoms with Crippen LogP contribution in [0.15, 0.2) is 16.8 Å². The second-order valence-electron chi connectivity index (χ2n) is 5.25. The number of rotatable bonds is 2. The molecule has 0 amide bonds. The third-order valence-corrected chi connectivity index (χ3v) is 3.54. The summed E-state index contributed by atoms with van der Waals surface area (Å²) >= 11 is 0. The zero-order valence-corrected chi connectivity index (χ0v) is 11.2. The molecule has 2 aromatic rings. The summed E-state index contributed by atoms with van der Waals surface area (Å²) in [6, 6.07) is 1.79. The fraction of sp³-hybridized carbons (Fsp3) is 0.538. The largest absolute Gasteiger partial charge is 0.338 e. The molecule has 0 bridgehead atoms. The third kappa shape index (κ3) is 2.35. The first-order chi connectivity index (χ1) is 9.17. The first kappa shape index (κ1) is 12.2. The zero-order chi connectivity index (χ0) is 13.3. The minimum atomic E-state index is -0.0778. The Morgan fingerprint density at radius 1 is 1.37 bits per heavy atom. The molecule has 0 aromatic carbocycles. The van der Waals surface area contributed by atoms with Crippen LogP contribution in [-0.2, 0) is 5.41 Å². The van der Waals surface area contributed by atoms with Gasteiger partial charge in [0.2, 0.25) is 11.7 Å². The van der Waals surface area contributed by atoms with Crippen LogP contribution in [0.2, 0.25) is 0 Å². The molecule has 6 nitrogen and oxygen atoms in total. The van der Waals surface area contributed by atoms with Gasteiger partial charge in [0.15, 0.2) is 0 Å². The summed E-state index contributed by atoms with van der Waals surface area (Å²) in [6.45, 7) is 5.93. The van der Waals surface area contributed by atoms with Gasteiger partial charge < -0.3 is 9.84 Å². The molecular weight excluding hydrogens is 242 g/mol. The van der Waals surface area contributed by atoms with E-state index in [1.807, 2.05) is 6.92 Å². The predicted molar refractivity (Wildman–Crippen MR) is 69.5 cm³/mol. The van der Waals surface area contributed by atoms with E-state index in [9.17, 15) is 0 Å². The van der Waals surface area contributed by atoms with Gasteiger partial charge in [-0.25, -0.2) is 9.97 Å². The molecule has 1 N–H and O–H groups in total. The van der Waals surface area contributed by atoms with Crippen LogP contribution in [0, 0.1) is 6.92 Å². The second-order valence-corrected chi connectivity index (χ2v) is 5.25. The first-order valence-electron chi connectivity index (χ1n) is 6.52. The van der Waals surface area contributed by atoms with E-state index >= 15 is 0 Å². The van der Waals surface area contributed by atoms with Crippen molar-refractivity contribution < 1.29 is 4.52 Å². The molecule has 19 heavy (non-hydrogen) atoms. The summed E-state index contributed by atoms with van der Waals surface area (Å²) in [5.74, 6) is 1.92. The SMILES string of the molecule is Cc1nccc(-c2noc(C3(C)CCCNC3)n2)n1. The van der Waals surface area contributed by atoms with Crippen LogP contribution >= 0.6 is 0 Å². The standard InChI is InChI=1S/C13H17N5O/c1-9-15-7-4-10(16-9)11-17-12(19-18-11)13(2)5-3-6-14-8-13/h4,7,14H,3,5-6,8H2,1-2H3. The Morgan fingerprint density at radius 3 is 3.00 bits per heavy atom. The average Bonchev–Trinajstić information content (AvgIpc) is 2.90. The maximum absolute atomic E-state index is 5.44. The fourth-order valence-electron chi connectivity index (χ4n) is 2.39. The zero-order valence-electron chi connectivity index (χ0n) is 11.2. The van der Waals surface area contributed by atoms with Gasteiger partial charge in [-0.2, -0.15) is 4.98 Å². The lowest BCUT2D eigenvalue weighted by atomic mass is 9.83. The molecule has 3 rings (SSSR count). The Morgan fingerprint density at radius 2 is 2.26 bits per heavy atom. The van der Waals surface area contributed by atoms with Gasteiger partial charge in [-0.05, 0) is 39.3 Å². The number of aryl methyl sites for hydroxylation is 1. The molecule has 1 atom stereocenters. The molecule has 1 saturated heterocycles. The second kappa shape index (κ2) is 4.70. The summed E-state index contributed by atoms with van der Waals surface area (Å²) in [5, 5.41) is 7.42. The number of nitrogens with one attached hydrogen (secondary N) is 1. The molecule has 0 saturated carbocycles. The van der Waals surface area contributed by atoms with E-state index in [4.69, 9.17) is 4.52 Å². The van der Waals surface area contributed by atoms with Crippen molar-refractivity contribution in [3.8, 4) is 11.5 Å². The Labute approximate surface area is 111 Å². The number of hydrogen-bond acceptors (Lipinski definition) is 6. The summed E-state index contributed by atoms with van der Waals surface area (Å²) in [4.78, 5) is 12.9. The topological polar surface area (TPSA) is 76.7 Å². The minimum Gasteiger partial charge on any atom is -0.338 e. The van der Waals surface area contributed by atoms with Crippen LogP contribution in [0.4, 0.5) is 0 Å². The van der Waals surface area contributed by atoms with E-state index in [2.05, 4.69) is 32.3 Å². The smallest absolute Gasteiger partial charge is 0.234 e. The average molecular weight is 259 g/mol. The molecular formula is C13H17N5O. The Bertz CT molecular complexity index is 574. The molecule has 2 aromatic heterocycles. The van der Waals surface area contributed by atoms with E-state index in [0.29, 0.717) is 23.2 Å². The number of nitrogens with zero attached hydrogens (tertiary/aromatic N) is 4. The van der Waals surface area contributed by atoms with Crippen molar-refractivity contribution >= 4 is 0 Å². The van der Waals surface area contributed by atoms with Crippen LogP contribution in [-0.4, -0.2) is 33.2 Å². The van der Waals surface area contributed by atoms with Gasteiger partial charge in [0.25, 0.3) is 0 Å². The van der Waals surface area contributed by atoms with E-state index in [0.717, 1.165) is 25.9 Å². The van der Waals surface area contributed by atoms with Gasteiger partial charge >= 0.3 is 0 Å². The number of piperidine rings is 1. The van der Waals surface area contributed by atoms with E-state index in [1.165, 1.54) is 0 Å². The summed E-state index contributed by atoms with van der Waals surface area (Å²) in [7, 11) is 0. The van der Waals surface area contributed by atoms with Gasteiger partial charge in [-0.1, -0.05) is 5.16 Å². The summed E-state index contributed by atoms with van der Waals surface area (Å²) in [5.41, 5.74) is 0.626. The molecule has 0 radical (unpaired) electrons. The van der Waals surface area contributed by atoms with Gasteiger partial charge in [0.1, 0.15) is 11.5 Å².